The fourth-order valence-corrected chi connectivity index (χ4v) is 3.67. The molecule has 3 aromatic rings. The summed E-state index contributed by atoms with van der Waals surface area (Å²) in [4.78, 5) is 27.3. The van der Waals surface area contributed by atoms with E-state index in [0.717, 1.165) is 39.3 Å². The van der Waals surface area contributed by atoms with Gasteiger partial charge in [-0.15, -0.1) is 0 Å². The van der Waals surface area contributed by atoms with E-state index in [1.807, 2.05) is 61.7 Å². The number of para-hydroxylation sites is 1. The molecule has 1 aromatic heterocycles. The first-order valence-corrected chi connectivity index (χ1v) is 10.1. The van der Waals surface area contributed by atoms with E-state index in [-0.39, 0.29) is 18.2 Å². The number of anilines is 2. The summed E-state index contributed by atoms with van der Waals surface area (Å²) >= 11 is 0. The number of aromatic nitrogens is 1. The van der Waals surface area contributed by atoms with E-state index in [0.29, 0.717) is 25.3 Å². The van der Waals surface area contributed by atoms with E-state index >= 15 is 0 Å². The number of nitrogens with two attached hydrogens (primary N) is 1. The van der Waals surface area contributed by atoms with Gasteiger partial charge in [0.05, 0.1) is 19.4 Å². The zero-order valence-corrected chi connectivity index (χ0v) is 17.3. The molecule has 1 aliphatic heterocycles. The third-order valence-corrected chi connectivity index (χ3v) is 5.16. The summed E-state index contributed by atoms with van der Waals surface area (Å²) in [5.41, 5.74) is 11.1. The first-order chi connectivity index (χ1) is 15.0. The number of nitrogens with zero attached hydrogens (tertiary/aromatic N) is 1. The van der Waals surface area contributed by atoms with Crippen LogP contribution < -0.4 is 21.1 Å². The number of amides is 2. The molecule has 0 atom stereocenters. The summed E-state index contributed by atoms with van der Waals surface area (Å²) in [6, 6.07) is 15.4. The van der Waals surface area contributed by atoms with E-state index in [1.54, 1.807) is 0 Å². The normalized spacial score (nSPS) is 12.2. The molecule has 1 aliphatic rings. The predicted octanol–water partition coefficient (Wildman–Crippen LogP) is 3.07. The molecule has 0 bridgehead atoms. The van der Waals surface area contributed by atoms with Crippen LogP contribution in [0.15, 0.2) is 54.7 Å². The number of fused-ring (bicyclic) bond motifs is 1. The van der Waals surface area contributed by atoms with E-state index < -0.39 is 0 Å². The van der Waals surface area contributed by atoms with Crippen molar-refractivity contribution >= 4 is 23.3 Å². The van der Waals surface area contributed by atoms with Crippen LogP contribution in [0.2, 0.25) is 0 Å². The molecule has 0 aliphatic carbocycles. The van der Waals surface area contributed by atoms with Crippen molar-refractivity contribution in [3.63, 3.8) is 0 Å². The average molecular weight is 416 g/mol. The Kier molecular flexibility index (Phi) is 5.84. The van der Waals surface area contributed by atoms with Crippen LogP contribution in [0.4, 0.5) is 11.5 Å². The largest absolute Gasteiger partial charge is 0.491 e. The lowest BCUT2D eigenvalue weighted by Crippen LogP contribution is -2.16. The maximum atomic E-state index is 11.6. The molecule has 158 valence electrons. The highest BCUT2D eigenvalue weighted by Gasteiger charge is 2.18. The lowest BCUT2D eigenvalue weighted by Gasteiger charge is -2.13. The summed E-state index contributed by atoms with van der Waals surface area (Å²) in [7, 11) is 0. The maximum Gasteiger partial charge on any atom is 0.228 e. The van der Waals surface area contributed by atoms with Gasteiger partial charge in [-0.05, 0) is 47.9 Å². The molecule has 2 aromatic carbocycles. The van der Waals surface area contributed by atoms with Crippen molar-refractivity contribution in [2.75, 3.05) is 23.8 Å². The average Bonchev–Trinajstić information content (AvgIpc) is 3.11. The summed E-state index contributed by atoms with van der Waals surface area (Å²) in [5.74, 6) is 1.06. The number of benzene rings is 2. The van der Waals surface area contributed by atoms with Gasteiger partial charge in [-0.1, -0.05) is 24.3 Å². The molecular weight excluding hydrogens is 392 g/mol. The Bertz CT molecular complexity index is 1140. The third kappa shape index (κ3) is 4.83. The van der Waals surface area contributed by atoms with E-state index in [4.69, 9.17) is 10.5 Å². The lowest BCUT2D eigenvalue weighted by molar-refractivity contribution is -0.117. The van der Waals surface area contributed by atoms with Crippen molar-refractivity contribution in [3.05, 3.63) is 71.4 Å². The van der Waals surface area contributed by atoms with Crippen LogP contribution in [0.3, 0.4) is 0 Å². The molecule has 31 heavy (non-hydrogen) atoms. The van der Waals surface area contributed by atoms with Gasteiger partial charge in [0.2, 0.25) is 11.8 Å². The van der Waals surface area contributed by atoms with Crippen LogP contribution in [-0.4, -0.2) is 29.9 Å². The van der Waals surface area contributed by atoms with Gasteiger partial charge in [0.1, 0.15) is 18.2 Å². The number of carbonyl (C=O) groups is 2. The molecule has 2 amide bonds. The van der Waals surface area contributed by atoms with Gasteiger partial charge < -0.3 is 21.1 Å². The molecule has 4 N–H and O–H groups in total. The number of pyridine rings is 1. The number of primary amides is 1. The number of rotatable bonds is 8. The molecule has 0 unspecified atom stereocenters. The minimum absolute atomic E-state index is 0.0287. The predicted molar refractivity (Wildman–Crippen MR) is 120 cm³/mol. The van der Waals surface area contributed by atoms with Gasteiger partial charge in [0.25, 0.3) is 0 Å². The minimum Gasteiger partial charge on any atom is -0.491 e. The van der Waals surface area contributed by atoms with Crippen molar-refractivity contribution in [1.82, 2.24) is 4.98 Å². The second-order valence-electron chi connectivity index (χ2n) is 7.51. The number of carbonyl (C=O) groups excluding carboxylic acids is 2. The van der Waals surface area contributed by atoms with Crippen molar-refractivity contribution < 1.29 is 14.3 Å². The Labute approximate surface area is 180 Å². The summed E-state index contributed by atoms with van der Waals surface area (Å²) in [5, 5.41) is 6.11. The van der Waals surface area contributed by atoms with Crippen LogP contribution in [0.5, 0.6) is 5.75 Å². The minimum atomic E-state index is -0.389. The molecular formula is C24H24N4O3. The fraction of sp³-hybridized carbons (Fsp3) is 0.208. The Hall–Kier alpha value is -3.87. The van der Waals surface area contributed by atoms with Gasteiger partial charge in [-0.25, -0.2) is 4.98 Å². The van der Waals surface area contributed by atoms with Crippen molar-refractivity contribution in [3.8, 4) is 16.9 Å². The SMILES string of the molecule is Cc1cc(NCCOc2ccccc2CC(N)=O)ncc1-c1ccc2c(c1)CC(=O)N2. The molecule has 0 saturated heterocycles. The fourth-order valence-electron chi connectivity index (χ4n) is 3.67. The van der Waals surface area contributed by atoms with Crippen molar-refractivity contribution in [2.45, 2.75) is 19.8 Å². The summed E-state index contributed by atoms with van der Waals surface area (Å²) in [6.45, 7) is 3.02. The quantitative estimate of drug-likeness (QED) is 0.489. The number of aryl methyl sites for hydroxylation is 1. The Morgan fingerprint density at radius 1 is 1.23 bits per heavy atom. The standard InChI is InChI=1S/C24H24N4O3/c1-15-10-23(26-8-9-31-21-5-3-2-4-17(21)12-22(25)29)27-14-19(15)16-6-7-20-18(11-16)13-24(30)28-20/h2-7,10-11,14H,8-9,12-13H2,1H3,(H2,25,29)(H,26,27)(H,28,30). The molecule has 0 saturated carbocycles. The summed E-state index contributed by atoms with van der Waals surface area (Å²) in [6.07, 6.45) is 2.41. The van der Waals surface area contributed by atoms with Crippen molar-refractivity contribution in [2.24, 2.45) is 5.73 Å². The van der Waals surface area contributed by atoms with Gasteiger partial charge in [-0.2, -0.15) is 0 Å². The first-order valence-electron chi connectivity index (χ1n) is 10.1. The first kappa shape index (κ1) is 20.4. The highest BCUT2D eigenvalue weighted by molar-refractivity contribution is 5.99. The van der Waals surface area contributed by atoms with Gasteiger partial charge >= 0.3 is 0 Å². The van der Waals surface area contributed by atoms with Gasteiger partial charge in [0.15, 0.2) is 0 Å². The monoisotopic (exact) mass is 416 g/mol. The molecule has 7 heteroatoms. The topological polar surface area (TPSA) is 106 Å². The smallest absolute Gasteiger partial charge is 0.228 e. The van der Waals surface area contributed by atoms with Crippen LogP contribution >= 0.6 is 0 Å². The Morgan fingerprint density at radius 3 is 2.87 bits per heavy atom. The number of nitrogens with one attached hydrogen (secondary N) is 2. The van der Waals surface area contributed by atoms with Crippen LogP contribution in [0.1, 0.15) is 16.7 Å². The number of hydrogen-bond acceptors (Lipinski definition) is 5. The van der Waals surface area contributed by atoms with Gasteiger partial charge in [0, 0.05) is 23.0 Å². The number of ether oxygens (including phenoxy) is 1. The van der Waals surface area contributed by atoms with E-state index in [9.17, 15) is 9.59 Å². The highest BCUT2D eigenvalue weighted by atomic mass is 16.5. The zero-order chi connectivity index (χ0) is 21.8. The zero-order valence-electron chi connectivity index (χ0n) is 17.3. The van der Waals surface area contributed by atoms with Crippen LogP contribution in [0.25, 0.3) is 11.1 Å². The van der Waals surface area contributed by atoms with Gasteiger partial charge in [-0.3, -0.25) is 9.59 Å². The maximum absolute atomic E-state index is 11.6. The van der Waals surface area contributed by atoms with E-state index in [1.165, 1.54) is 0 Å². The highest BCUT2D eigenvalue weighted by Crippen LogP contribution is 2.31. The lowest BCUT2D eigenvalue weighted by atomic mass is 9.99. The molecule has 0 radical (unpaired) electrons. The molecule has 4 rings (SSSR count). The molecule has 0 spiro atoms. The molecule has 2 heterocycles. The Morgan fingerprint density at radius 2 is 2.06 bits per heavy atom. The molecule has 0 fully saturated rings. The van der Waals surface area contributed by atoms with E-state index in [2.05, 4.69) is 15.6 Å². The third-order valence-electron chi connectivity index (χ3n) is 5.16. The van der Waals surface area contributed by atoms with Crippen molar-refractivity contribution in [1.29, 1.82) is 0 Å². The second kappa shape index (κ2) is 8.87. The number of hydrogen-bond donors (Lipinski definition) is 3. The second-order valence-corrected chi connectivity index (χ2v) is 7.51. The van der Waals surface area contributed by atoms with Crippen LogP contribution in [-0.2, 0) is 22.4 Å². The molecule has 7 nitrogen and oxygen atoms in total. The Balaban J connectivity index is 1.36. The summed E-state index contributed by atoms with van der Waals surface area (Å²) < 4.78 is 5.80. The van der Waals surface area contributed by atoms with Crippen LogP contribution in [0, 0.1) is 6.92 Å².